The van der Waals surface area contributed by atoms with Crippen molar-refractivity contribution < 1.29 is 0 Å². The quantitative estimate of drug-likeness (QED) is 0.813. The summed E-state index contributed by atoms with van der Waals surface area (Å²) in [6.07, 6.45) is 6.55. The molecule has 4 nitrogen and oxygen atoms in total. The van der Waals surface area contributed by atoms with Gasteiger partial charge in [-0.3, -0.25) is 0 Å². The van der Waals surface area contributed by atoms with Crippen molar-refractivity contribution in [3.8, 4) is 11.3 Å². The summed E-state index contributed by atoms with van der Waals surface area (Å²) in [5.41, 5.74) is 7.90. The number of hydrogen-bond donors (Lipinski definition) is 1. The minimum atomic E-state index is 0.558. The fourth-order valence-electron chi connectivity index (χ4n) is 1.84. The maximum atomic E-state index is 5.90. The third-order valence-electron chi connectivity index (χ3n) is 2.72. The molecule has 0 aliphatic rings. The lowest BCUT2D eigenvalue weighted by Gasteiger charge is -2.09. The molecule has 5 heteroatoms. The Kier molecular flexibility index (Phi) is 4.64. The fraction of sp³-hybridized carbons (Fsp3) is 0.385. The summed E-state index contributed by atoms with van der Waals surface area (Å²) in [7, 11) is 0. The van der Waals surface area contributed by atoms with E-state index in [9.17, 15) is 0 Å². The molecule has 0 unspecified atom stereocenters. The van der Waals surface area contributed by atoms with Gasteiger partial charge in [-0.05, 0) is 30.1 Å². The number of thioether (sulfide) groups is 1. The van der Waals surface area contributed by atoms with E-state index in [2.05, 4.69) is 21.5 Å². The Morgan fingerprint density at radius 1 is 1.44 bits per heavy atom. The standard InChI is InChI=1S/C13H18N4S/c1-2-18-8-4-7-17-10-15-9-12(17)11-5-3-6-16-13(11)14/h3,5-6,9-10H,2,4,7-8H2,1H3,(H2,14,16). The van der Waals surface area contributed by atoms with Crippen molar-refractivity contribution in [2.45, 2.75) is 19.9 Å². The molecule has 0 aromatic carbocycles. The van der Waals surface area contributed by atoms with E-state index in [1.54, 1.807) is 6.20 Å². The average Bonchev–Trinajstić information content (AvgIpc) is 2.83. The number of nitrogens with zero attached hydrogens (tertiary/aromatic N) is 3. The van der Waals surface area contributed by atoms with E-state index in [1.165, 1.54) is 11.5 Å². The third kappa shape index (κ3) is 3.04. The Hall–Kier alpha value is -1.49. The molecule has 0 amide bonds. The van der Waals surface area contributed by atoms with Crippen LogP contribution in [0, 0.1) is 0 Å². The van der Waals surface area contributed by atoms with Crippen LogP contribution in [0.15, 0.2) is 30.9 Å². The molecule has 0 spiro atoms. The van der Waals surface area contributed by atoms with Crippen LogP contribution in [0.1, 0.15) is 13.3 Å². The highest BCUT2D eigenvalue weighted by Crippen LogP contribution is 2.23. The molecule has 0 aliphatic carbocycles. The normalized spacial score (nSPS) is 10.7. The minimum Gasteiger partial charge on any atom is -0.383 e. The molecule has 0 fully saturated rings. The molecule has 2 rings (SSSR count). The zero-order valence-electron chi connectivity index (χ0n) is 10.5. The van der Waals surface area contributed by atoms with Gasteiger partial charge in [0.1, 0.15) is 5.82 Å². The van der Waals surface area contributed by atoms with Crippen LogP contribution in [-0.4, -0.2) is 26.0 Å². The maximum Gasteiger partial charge on any atom is 0.132 e. The number of anilines is 1. The number of nitrogens with two attached hydrogens (primary N) is 1. The second-order valence-electron chi connectivity index (χ2n) is 3.96. The van der Waals surface area contributed by atoms with Gasteiger partial charge in [-0.1, -0.05) is 6.92 Å². The van der Waals surface area contributed by atoms with Gasteiger partial charge in [-0.25, -0.2) is 9.97 Å². The van der Waals surface area contributed by atoms with E-state index < -0.39 is 0 Å². The van der Waals surface area contributed by atoms with Crippen LogP contribution < -0.4 is 5.73 Å². The highest BCUT2D eigenvalue weighted by molar-refractivity contribution is 7.99. The van der Waals surface area contributed by atoms with Crippen LogP contribution >= 0.6 is 11.8 Å². The molecule has 18 heavy (non-hydrogen) atoms. The first-order valence-electron chi connectivity index (χ1n) is 6.11. The Morgan fingerprint density at radius 2 is 2.33 bits per heavy atom. The van der Waals surface area contributed by atoms with Crippen molar-refractivity contribution >= 4 is 17.6 Å². The first-order chi connectivity index (χ1) is 8.83. The van der Waals surface area contributed by atoms with Crippen molar-refractivity contribution in [3.05, 3.63) is 30.9 Å². The molecule has 0 radical (unpaired) electrons. The second kappa shape index (κ2) is 6.44. The van der Waals surface area contributed by atoms with Crippen LogP contribution in [0.3, 0.4) is 0 Å². The summed E-state index contributed by atoms with van der Waals surface area (Å²) in [5, 5.41) is 0. The monoisotopic (exact) mass is 262 g/mol. The Morgan fingerprint density at radius 3 is 3.11 bits per heavy atom. The van der Waals surface area contributed by atoms with Gasteiger partial charge in [0.15, 0.2) is 0 Å². The highest BCUT2D eigenvalue weighted by Gasteiger charge is 2.08. The van der Waals surface area contributed by atoms with Gasteiger partial charge in [-0.15, -0.1) is 0 Å². The number of hydrogen-bond acceptors (Lipinski definition) is 4. The smallest absolute Gasteiger partial charge is 0.132 e. The lowest BCUT2D eigenvalue weighted by atomic mass is 10.2. The predicted molar refractivity (Wildman–Crippen MR) is 77.5 cm³/mol. The third-order valence-corrected chi connectivity index (χ3v) is 3.70. The summed E-state index contributed by atoms with van der Waals surface area (Å²) in [4.78, 5) is 8.33. The van der Waals surface area contributed by atoms with E-state index in [-0.39, 0.29) is 0 Å². The molecular weight excluding hydrogens is 244 g/mol. The molecule has 2 aromatic heterocycles. The molecule has 0 saturated carbocycles. The SMILES string of the molecule is CCSCCCn1cncc1-c1cccnc1N. The Bertz CT molecular complexity index is 495. The van der Waals surface area contributed by atoms with E-state index >= 15 is 0 Å². The summed E-state index contributed by atoms with van der Waals surface area (Å²) in [6.45, 7) is 3.15. The number of aryl methyl sites for hydroxylation is 1. The number of rotatable bonds is 6. The summed E-state index contributed by atoms with van der Waals surface area (Å²) in [5.74, 6) is 2.91. The van der Waals surface area contributed by atoms with Crippen molar-refractivity contribution in [2.24, 2.45) is 0 Å². The van der Waals surface area contributed by atoms with Crippen LogP contribution in [0.25, 0.3) is 11.3 Å². The van der Waals surface area contributed by atoms with Gasteiger partial charge in [0.25, 0.3) is 0 Å². The number of aromatic nitrogens is 3. The predicted octanol–water partition coefficient (Wildman–Crippen LogP) is 2.67. The number of pyridine rings is 1. The molecule has 2 aromatic rings. The molecule has 2 N–H and O–H groups in total. The van der Waals surface area contributed by atoms with Gasteiger partial charge in [0, 0.05) is 18.3 Å². The topological polar surface area (TPSA) is 56.7 Å². The minimum absolute atomic E-state index is 0.558. The van der Waals surface area contributed by atoms with Crippen molar-refractivity contribution in [3.63, 3.8) is 0 Å². The van der Waals surface area contributed by atoms with E-state index in [0.717, 1.165) is 24.2 Å². The highest BCUT2D eigenvalue weighted by atomic mass is 32.2. The molecule has 0 bridgehead atoms. The second-order valence-corrected chi connectivity index (χ2v) is 5.35. The van der Waals surface area contributed by atoms with Crippen molar-refractivity contribution in [1.82, 2.24) is 14.5 Å². The lowest BCUT2D eigenvalue weighted by molar-refractivity contribution is 0.689. The summed E-state index contributed by atoms with van der Waals surface area (Å²) >= 11 is 1.96. The van der Waals surface area contributed by atoms with Crippen LogP contribution in [0.2, 0.25) is 0 Å². The van der Waals surface area contributed by atoms with Gasteiger partial charge < -0.3 is 10.3 Å². The molecular formula is C13H18N4S. The van der Waals surface area contributed by atoms with Crippen LogP contribution in [0.5, 0.6) is 0 Å². The van der Waals surface area contributed by atoms with E-state index in [4.69, 9.17) is 5.73 Å². The summed E-state index contributed by atoms with van der Waals surface area (Å²) in [6, 6.07) is 3.88. The van der Waals surface area contributed by atoms with Gasteiger partial charge in [-0.2, -0.15) is 11.8 Å². The Labute approximate surface area is 112 Å². The summed E-state index contributed by atoms with van der Waals surface area (Å²) < 4.78 is 2.14. The molecule has 0 atom stereocenters. The van der Waals surface area contributed by atoms with E-state index in [0.29, 0.717) is 5.82 Å². The van der Waals surface area contributed by atoms with Crippen LogP contribution in [-0.2, 0) is 6.54 Å². The molecule has 2 heterocycles. The van der Waals surface area contributed by atoms with E-state index in [1.807, 2.05) is 36.4 Å². The maximum absolute atomic E-state index is 5.90. The first kappa shape index (κ1) is 13.0. The van der Waals surface area contributed by atoms with Gasteiger partial charge in [0.2, 0.25) is 0 Å². The number of nitrogen functional groups attached to an aromatic ring is 1. The van der Waals surface area contributed by atoms with Crippen LogP contribution in [0.4, 0.5) is 5.82 Å². The first-order valence-corrected chi connectivity index (χ1v) is 7.27. The van der Waals surface area contributed by atoms with Crippen molar-refractivity contribution in [2.75, 3.05) is 17.2 Å². The number of imidazole rings is 1. The fourth-order valence-corrected chi connectivity index (χ4v) is 2.46. The lowest BCUT2D eigenvalue weighted by Crippen LogP contribution is -2.02. The average molecular weight is 262 g/mol. The zero-order chi connectivity index (χ0) is 12.8. The van der Waals surface area contributed by atoms with Gasteiger partial charge >= 0.3 is 0 Å². The Balaban J connectivity index is 2.10. The van der Waals surface area contributed by atoms with Gasteiger partial charge in [0.05, 0.1) is 18.2 Å². The molecule has 0 saturated heterocycles. The zero-order valence-corrected chi connectivity index (χ0v) is 11.4. The molecule has 96 valence electrons. The van der Waals surface area contributed by atoms with Crippen molar-refractivity contribution in [1.29, 1.82) is 0 Å². The largest absolute Gasteiger partial charge is 0.383 e. The molecule has 0 aliphatic heterocycles.